The Bertz CT molecular complexity index is 1290. The maximum absolute atomic E-state index is 12.6. The van der Waals surface area contributed by atoms with Gasteiger partial charge in [0.1, 0.15) is 12.7 Å². The number of aromatic nitrogens is 2. The number of aryl methyl sites for hydroxylation is 1. The molecule has 2 heterocycles. The number of nitrogens with zero attached hydrogens (tertiary/aromatic N) is 1. The maximum atomic E-state index is 12.6. The van der Waals surface area contributed by atoms with Gasteiger partial charge in [0.2, 0.25) is 0 Å². The van der Waals surface area contributed by atoms with E-state index in [4.69, 9.17) is 9.47 Å². The molecular weight excluding hydrogens is 582 g/mol. The number of H-pyrrole nitrogens is 1. The fourth-order valence-corrected chi connectivity index (χ4v) is 5.95. The second kappa shape index (κ2) is 21.7. The highest BCUT2D eigenvalue weighted by atomic mass is 16.6. The molecule has 1 saturated heterocycles. The first kappa shape index (κ1) is 37.4. The van der Waals surface area contributed by atoms with Crippen molar-refractivity contribution < 1.29 is 19.1 Å². The number of rotatable bonds is 23. The number of carbonyl (C=O) groups excluding carboxylic acids is 2. The SMILES string of the molecule is CCCCCCCCCCCCCCCCCCCC(=O)c1ccc(C(=O)OC[C@@H]2CNC[C@H](n3cc(C)c(=O)[nH]c3=O)O2)cc1. The van der Waals surface area contributed by atoms with E-state index in [0.29, 0.717) is 36.2 Å². The predicted molar refractivity (Wildman–Crippen MR) is 183 cm³/mol. The summed E-state index contributed by atoms with van der Waals surface area (Å²) < 4.78 is 12.7. The molecule has 1 fully saturated rings. The maximum Gasteiger partial charge on any atom is 0.338 e. The molecule has 0 spiro atoms. The van der Waals surface area contributed by atoms with Crippen molar-refractivity contribution in [3.63, 3.8) is 0 Å². The molecule has 1 aromatic heterocycles. The lowest BCUT2D eigenvalue weighted by Gasteiger charge is -2.31. The van der Waals surface area contributed by atoms with Crippen LogP contribution in [0.1, 0.15) is 155 Å². The van der Waals surface area contributed by atoms with Gasteiger partial charge in [0, 0.05) is 36.8 Å². The zero-order chi connectivity index (χ0) is 33.0. The Morgan fingerprint density at radius 1 is 0.783 bits per heavy atom. The molecule has 2 N–H and O–H groups in total. The molecule has 1 aliphatic heterocycles. The van der Waals surface area contributed by atoms with Gasteiger partial charge >= 0.3 is 11.7 Å². The number of ether oxygens (including phenoxy) is 2. The Hall–Kier alpha value is -3.04. The van der Waals surface area contributed by atoms with E-state index in [0.717, 1.165) is 12.8 Å². The van der Waals surface area contributed by atoms with Crippen molar-refractivity contribution in [1.82, 2.24) is 14.9 Å². The molecule has 46 heavy (non-hydrogen) atoms. The van der Waals surface area contributed by atoms with E-state index < -0.39 is 29.6 Å². The van der Waals surface area contributed by atoms with Crippen LogP contribution in [0.15, 0.2) is 40.1 Å². The van der Waals surface area contributed by atoms with Gasteiger partial charge in [-0.15, -0.1) is 0 Å². The monoisotopic (exact) mass is 639 g/mol. The Balaban J connectivity index is 1.22. The Morgan fingerprint density at radius 2 is 1.30 bits per heavy atom. The molecule has 256 valence electrons. The van der Waals surface area contributed by atoms with Crippen molar-refractivity contribution in [1.29, 1.82) is 0 Å². The molecule has 0 amide bonds. The van der Waals surface area contributed by atoms with Crippen molar-refractivity contribution in [3.05, 3.63) is 68.0 Å². The van der Waals surface area contributed by atoms with Crippen molar-refractivity contribution in [3.8, 4) is 0 Å². The highest BCUT2D eigenvalue weighted by Crippen LogP contribution is 2.17. The first-order valence-corrected chi connectivity index (χ1v) is 17.9. The highest BCUT2D eigenvalue weighted by Gasteiger charge is 2.26. The smallest absolute Gasteiger partial charge is 0.338 e. The largest absolute Gasteiger partial charge is 0.459 e. The van der Waals surface area contributed by atoms with Crippen LogP contribution < -0.4 is 16.6 Å². The van der Waals surface area contributed by atoms with Crippen molar-refractivity contribution in [2.75, 3.05) is 19.7 Å². The summed E-state index contributed by atoms with van der Waals surface area (Å²) in [7, 11) is 0. The standard InChI is InChI=1S/C37H57N3O6/c1-3-4-5-6-7-8-9-10-11-12-13-14-15-16-17-18-19-20-33(41)30-21-23-31(24-22-30)36(43)45-28-32-25-38-26-34(46-32)40-27-29(2)35(42)39-37(40)44/h21-24,27,32,34,38H,3-20,25-26,28H2,1-2H3,(H,39,42,44)/t32-,34+/m0/s1. The number of benzene rings is 1. The molecule has 3 rings (SSSR count). The third-order valence-electron chi connectivity index (χ3n) is 8.85. The second-order valence-corrected chi connectivity index (χ2v) is 12.9. The summed E-state index contributed by atoms with van der Waals surface area (Å²) >= 11 is 0. The zero-order valence-electron chi connectivity index (χ0n) is 28.3. The topological polar surface area (TPSA) is 119 Å². The van der Waals surface area contributed by atoms with E-state index in [2.05, 4.69) is 17.2 Å². The first-order valence-electron chi connectivity index (χ1n) is 17.9. The lowest BCUT2D eigenvalue weighted by molar-refractivity contribution is -0.0996. The molecule has 0 unspecified atom stereocenters. The predicted octanol–water partition coefficient (Wildman–Crippen LogP) is 7.41. The molecule has 9 heteroatoms. The first-order chi connectivity index (χ1) is 22.4. The van der Waals surface area contributed by atoms with Gasteiger partial charge in [0.25, 0.3) is 5.56 Å². The molecular formula is C37H57N3O6. The molecule has 0 bridgehead atoms. The van der Waals surface area contributed by atoms with E-state index >= 15 is 0 Å². The molecule has 0 aliphatic carbocycles. The zero-order valence-corrected chi connectivity index (χ0v) is 28.3. The van der Waals surface area contributed by atoms with E-state index in [1.54, 1.807) is 31.2 Å². The quantitative estimate of drug-likeness (QED) is 0.0738. The summed E-state index contributed by atoms with van der Waals surface area (Å²) in [6, 6.07) is 6.61. The van der Waals surface area contributed by atoms with Crippen molar-refractivity contribution >= 4 is 11.8 Å². The van der Waals surface area contributed by atoms with Crippen LogP contribution >= 0.6 is 0 Å². The molecule has 2 aromatic rings. The van der Waals surface area contributed by atoms with Crippen LogP contribution in [-0.2, 0) is 9.47 Å². The van der Waals surface area contributed by atoms with Gasteiger partial charge in [-0.1, -0.05) is 122 Å². The van der Waals surface area contributed by atoms with E-state index in [-0.39, 0.29) is 12.4 Å². The Morgan fingerprint density at radius 3 is 1.87 bits per heavy atom. The lowest BCUT2D eigenvalue weighted by atomic mass is 10.0. The lowest BCUT2D eigenvalue weighted by Crippen LogP contribution is -2.48. The van der Waals surface area contributed by atoms with Crippen LogP contribution in [-0.4, -0.2) is 47.1 Å². The fourth-order valence-electron chi connectivity index (χ4n) is 5.95. The van der Waals surface area contributed by atoms with Gasteiger partial charge in [-0.05, 0) is 25.5 Å². The minimum absolute atomic E-state index is 0.000585. The fraction of sp³-hybridized carbons (Fsp3) is 0.676. The minimum atomic E-state index is -0.634. The Labute approximate surface area is 274 Å². The third kappa shape index (κ3) is 13.8. The number of ketones is 1. The summed E-state index contributed by atoms with van der Waals surface area (Å²) in [4.78, 5) is 51.4. The van der Waals surface area contributed by atoms with Gasteiger partial charge in [-0.3, -0.25) is 19.1 Å². The molecule has 2 atom stereocenters. The Kier molecular flexibility index (Phi) is 17.6. The van der Waals surface area contributed by atoms with Crippen LogP contribution in [0, 0.1) is 6.92 Å². The number of carbonyl (C=O) groups is 2. The summed E-state index contributed by atoms with van der Waals surface area (Å²) in [5.74, 6) is -0.406. The van der Waals surface area contributed by atoms with E-state index in [1.807, 2.05) is 0 Å². The van der Waals surface area contributed by atoms with Gasteiger partial charge < -0.3 is 14.8 Å². The van der Waals surface area contributed by atoms with Gasteiger partial charge in [0.05, 0.1) is 5.56 Å². The molecule has 1 aliphatic rings. The van der Waals surface area contributed by atoms with Crippen LogP contribution in [0.2, 0.25) is 0 Å². The summed E-state index contributed by atoms with van der Waals surface area (Å²) in [5.41, 5.74) is 0.386. The number of Topliss-reactive ketones (excluding diaryl/α,β-unsaturated/α-hetero) is 1. The number of unbranched alkanes of at least 4 members (excludes halogenated alkanes) is 16. The third-order valence-corrected chi connectivity index (χ3v) is 8.85. The van der Waals surface area contributed by atoms with E-state index in [1.165, 1.54) is 107 Å². The van der Waals surface area contributed by atoms with Gasteiger partial charge in [0.15, 0.2) is 12.0 Å². The number of esters is 1. The van der Waals surface area contributed by atoms with E-state index in [9.17, 15) is 19.2 Å². The summed E-state index contributed by atoms with van der Waals surface area (Å²) in [6.45, 7) is 4.72. The van der Waals surface area contributed by atoms with Crippen LogP contribution in [0.4, 0.5) is 0 Å². The van der Waals surface area contributed by atoms with Crippen molar-refractivity contribution in [2.24, 2.45) is 0 Å². The molecule has 0 radical (unpaired) electrons. The number of hydrogen-bond donors (Lipinski definition) is 2. The normalized spacial score (nSPS) is 16.4. The van der Waals surface area contributed by atoms with Gasteiger partial charge in [-0.25, -0.2) is 9.59 Å². The highest BCUT2D eigenvalue weighted by molar-refractivity contribution is 5.97. The van der Waals surface area contributed by atoms with Crippen LogP contribution in [0.3, 0.4) is 0 Å². The number of aromatic amines is 1. The summed E-state index contributed by atoms with van der Waals surface area (Å²) in [6.07, 6.45) is 23.2. The van der Waals surface area contributed by atoms with Crippen LogP contribution in [0.25, 0.3) is 0 Å². The van der Waals surface area contributed by atoms with Crippen LogP contribution in [0.5, 0.6) is 0 Å². The van der Waals surface area contributed by atoms with Gasteiger partial charge in [-0.2, -0.15) is 0 Å². The average molecular weight is 640 g/mol. The number of morpholine rings is 1. The summed E-state index contributed by atoms with van der Waals surface area (Å²) in [5, 5.41) is 3.17. The number of nitrogens with one attached hydrogen (secondary N) is 2. The molecule has 1 aromatic carbocycles. The minimum Gasteiger partial charge on any atom is -0.459 e. The molecule has 0 saturated carbocycles. The second-order valence-electron chi connectivity index (χ2n) is 12.9. The molecule has 9 nitrogen and oxygen atoms in total. The average Bonchev–Trinajstić information content (AvgIpc) is 3.06. The number of hydrogen-bond acceptors (Lipinski definition) is 7. The van der Waals surface area contributed by atoms with Crippen molar-refractivity contribution in [2.45, 2.75) is 142 Å².